The number of aromatic nitrogens is 2. The van der Waals surface area contributed by atoms with Crippen LogP contribution in [0.15, 0.2) is 0 Å². The van der Waals surface area contributed by atoms with Crippen LogP contribution in [0.3, 0.4) is 0 Å². The van der Waals surface area contributed by atoms with Crippen molar-refractivity contribution in [3.63, 3.8) is 0 Å². The summed E-state index contributed by atoms with van der Waals surface area (Å²) < 4.78 is 35.8. The predicted octanol–water partition coefficient (Wildman–Crippen LogP) is 2.36. The Morgan fingerprint density at radius 1 is 1.26 bits per heavy atom. The Hall–Kier alpha value is -1.75. The van der Waals surface area contributed by atoms with Gasteiger partial charge in [0.2, 0.25) is 0 Å². The molecular weight excluding hydrogens is 385 g/mol. The molecule has 4 rings (SSSR count). The van der Waals surface area contributed by atoms with Crippen molar-refractivity contribution in [2.24, 2.45) is 0 Å². The van der Waals surface area contributed by atoms with Crippen molar-refractivity contribution in [2.75, 3.05) is 26.7 Å². The molecule has 1 atom stereocenters. The van der Waals surface area contributed by atoms with E-state index < -0.39 is 12.1 Å². The van der Waals surface area contributed by atoms with Gasteiger partial charge >= 0.3 is 12.1 Å². The van der Waals surface area contributed by atoms with Gasteiger partial charge in [-0.1, -0.05) is 4.49 Å². The molecule has 1 aromatic heterocycles. The Balaban J connectivity index is 0.000000260. The topological polar surface area (TPSA) is 86.6 Å². The number of hydrogen-bond acceptors (Lipinski definition) is 6. The molecule has 3 aliphatic rings. The molecule has 2 aliphatic heterocycles. The van der Waals surface area contributed by atoms with Crippen LogP contribution in [0.1, 0.15) is 53.4 Å². The summed E-state index contributed by atoms with van der Waals surface area (Å²) in [6.07, 6.45) is 0.843. The fourth-order valence-electron chi connectivity index (χ4n) is 3.56. The maximum atomic E-state index is 12.8. The molecule has 1 amide bonds. The van der Waals surface area contributed by atoms with E-state index in [2.05, 4.69) is 21.5 Å². The van der Waals surface area contributed by atoms with Crippen LogP contribution < -0.4 is 0 Å². The molecule has 3 heterocycles. The van der Waals surface area contributed by atoms with Gasteiger partial charge in [-0.25, -0.2) is 4.79 Å². The molecule has 7 nitrogen and oxygen atoms in total. The van der Waals surface area contributed by atoms with Gasteiger partial charge in [0.05, 0.1) is 4.88 Å². The molecule has 1 N–H and O–H groups in total. The fraction of sp³-hybridized carbons (Fsp3) is 0.750. The van der Waals surface area contributed by atoms with Gasteiger partial charge in [-0.15, -0.1) is 5.10 Å². The minimum Gasteiger partial charge on any atom is -0.475 e. The van der Waals surface area contributed by atoms with E-state index in [1.54, 1.807) is 0 Å². The monoisotopic (exact) mass is 406 g/mol. The Morgan fingerprint density at radius 2 is 1.93 bits per heavy atom. The fourth-order valence-corrected chi connectivity index (χ4v) is 4.37. The molecule has 0 radical (unpaired) electrons. The number of halogens is 3. The highest BCUT2D eigenvalue weighted by molar-refractivity contribution is 7.06. The van der Waals surface area contributed by atoms with Crippen LogP contribution in [-0.2, 0) is 4.79 Å². The predicted molar refractivity (Wildman–Crippen MR) is 90.7 cm³/mol. The molecule has 1 aliphatic carbocycles. The lowest BCUT2D eigenvalue weighted by Crippen LogP contribution is -2.66. The van der Waals surface area contributed by atoms with Gasteiger partial charge in [0.15, 0.2) is 5.69 Å². The van der Waals surface area contributed by atoms with Crippen molar-refractivity contribution in [3.05, 3.63) is 10.6 Å². The summed E-state index contributed by atoms with van der Waals surface area (Å²) in [6.45, 7) is 2.90. The molecule has 1 spiro atoms. The minimum absolute atomic E-state index is 0.111. The minimum atomic E-state index is -5.08. The van der Waals surface area contributed by atoms with E-state index in [4.69, 9.17) is 9.90 Å². The smallest absolute Gasteiger partial charge is 0.475 e. The standard InChI is InChI=1S/C14H20N4OS.C2HF3O2/c1-17-8-6-14(17)5-2-7-18(9-14)13(19)11-12(10-3-4-10)20-16-15-11;3-2(4,5)1(6)7/h10H,2-9H2,1H3;(H,6,7). The van der Waals surface area contributed by atoms with Crippen LogP contribution in [0, 0.1) is 0 Å². The summed E-state index contributed by atoms with van der Waals surface area (Å²) in [5, 5.41) is 11.3. The lowest BCUT2D eigenvalue weighted by atomic mass is 9.78. The Kier molecular flexibility index (Phi) is 5.44. The van der Waals surface area contributed by atoms with Crippen LogP contribution in [0.2, 0.25) is 0 Å². The van der Waals surface area contributed by atoms with Crippen molar-refractivity contribution in [1.29, 1.82) is 0 Å². The number of carboxylic acids is 1. The van der Waals surface area contributed by atoms with E-state index in [0.717, 1.165) is 30.9 Å². The molecule has 3 fully saturated rings. The average molecular weight is 406 g/mol. The van der Waals surface area contributed by atoms with Crippen molar-refractivity contribution in [2.45, 2.75) is 49.7 Å². The number of carbonyl (C=O) groups is 2. The normalized spacial score (nSPS) is 25.6. The van der Waals surface area contributed by atoms with Crippen LogP contribution in [-0.4, -0.2) is 74.8 Å². The summed E-state index contributed by atoms with van der Waals surface area (Å²) >= 11 is 1.41. The molecule has 150 valence electrons. The number of carboxylic acid groups (broad SMARTS) is 1. The Labute approximate surface area is 158 Å². The number of alkyl halides is 3. The third kappa shape index (κ3) is 4.23. The number of piperidine rings is 1. The first-order chi connectivity index (χ1) is 12.6. The largest absolute Gasteiger partial charge is 0.490 e. The average Bonchev–Trinajstić information content (AvgIpc) is 3.36. The summed E-state index contributed by atoms with van der Waals surface area (Å²) in [5.41, 5.74) is 0.883. The molecule has 27 heavy (non-hydrogen) atoms. The van der Waals surface area contributed by atoms with Gasteiger partial charge < -0.3 is 10.0 Å². The molecule has 1 saturated carbocycles. The zero-order valence-electron chi connectivity index (χ0n) is 14.8. The van der Waals surface area contributed by atoms with Crippen molar-refractivity contribution < 1.29 is 27.9 Å². The van der Waals surface area contributed by atoms with Gasteiger partial charge in [-0.2, -0.15) is 13.2 Å². The SMILES string of the molecule is CN1CCC12CCCN(C(=O)c1nnsc1C1CC1)C2.O=C(O)C(F)(F)F. The summed E-state index contributed by atoms with van der Waals surface area (Å²) in [7, 11) is 2.18. The van der Waals surface area contributed by atoms with E-state index >= 15 is 0 Å². The number of likely N-dealkylation sites (N-methyl/N-ethyl adjacent to an activating group) is 1. The molecule has 0 bridgehead atoms. The highest BCUT2D eigenvalue weighted by Crippen LogP contribution is 2.43. The second kappa shape index (κ2) is 7.34. The van der Waals surface area contributed by atoms with E-state index in [9.17, 15) is 18.0 Å². The molecule has 11 heteroatoms. The highest BCUT2D eigenvalue weighted by atomic mass is 32.1. The number of hydrogen-bond donors (Lipinski definition) is 1. The molecule has 1 unspecified atom stereocenters. The van der Waals surface area contributed by atoms with E-state index in [1.807, 2.05) is 4.90 Å². The third-order valence-electron chi connectivity index (χ3n) is 5.47. The Bertz CT molecular complexity index is 722. The summed E-state index contributed by atoms with van der Waals surface area (Å²) in [5.74, 6) is -2.09. The number of rotatable bonds is 2. The Morgan fingerprint density at radius 3 is 2.41 bits per heavy atom. The van der Waals surface area contributed by atoms with Crippen molar-refractivity contribution in [3.8, 4) is 0 Å². The second-order valence-corrected chi connectivity index (χ2v) is 8.07. The van der Waals surface area contributed by atoms with E-state index in [0.29, 0.717) is 11.6 Å². The number of amides is 1. The molecule has 2 saturated heterocycles. The third-order valence-corrected chi connectivity index (χ3v) is 6.36. The number of aliphatic carboxylic acids is 1. The first kappa shape index (κ1) is 20.0. The van der Waals surface area contributed by atoms with Gasteiger partial charge in [-0.3, -0.25) is 9.69 Å². The molecule has 1 aromatic rings. The maximum Gasteiger partial charge on any atom is 0.490 e. The quantitative estimate of drug-likeness (QED) is 0.812. The summed E-state index contributed by atoms with van der Waals surface area (Å²) in [4.78, 5) is 27.2. The van der Waals surface area contributed by atoms with E-state index in [1.165, 1.54) is 37.2 Å². The number of likely N-dealkylation sites (tertiary alicyclic amines) is 2. The van der Waals surface area contributed by atoms with Crippen LogP contribution >= 0.6 is 11.5 Å². The number of carbonyl (C=O) groups excluding carboxylic acids is 1. The van der Waals surface area contributed by atoms with Crippen molar-refractivity contribution >= 4 is 23.4 Å². The lowest BCUT2D eigenvalue weighted by Gasteiger charge is -2.55. The first-order valence-corrected chi connectivity index (χ1v) is 9.54. The molecular formula is C16H21F3N4O3S. The van der Waals surface area contributed by atoms with Gasteiger partial charge in [0.25, 0.3) is 5.91 Å². The van der Waals surface area contributed by atoms with Gasteiger partial charge in [-0.05, 0) is 56.6 Å². The first-order valence-electron chi connectivity index (χ1n) is 8.77. The lowest BCUT2D eigenvalue weighted by molar-refractivity contribution is -0.192. The second-order valence-electron chi connectivity index (χ2n) is 7.29. The molecule has 0 aromatic carbocycles. The van der Waals surface area contributed by atoms with Crippen molar-refractivity contribution in [1.82, 2.24) is 19.4 Å². The van der Waals surface area contributed by atoms with Crippen LogP contribution in [0.5, 0.6) is 0 Å². The zero-order valence-corrected chi connectivity index (χ0v) is 15.6. The highest BCUT2D eigenvalue weighted by Gasteiger charge is 2.46. The van der Waals surface area contributed by atoms with Gasteiger partial charge in [0.1, 0.15) is 0 Å². The van der Waals surface area contributed by atoms with Crippen LogP contribution in [0.25, 0.3) is 0 Å². The summed E-state index contributed by atoms with van der Waals surface area (Å²) in [6, 6.07) is 0. The maximum absolute atomic E-state index is 12.8. The van der Waals surface area contributed by atoms with E-state index in [-0.39, 0.29) is 11.4 Å². The van der Waals surface area contributed by atoms with Crippen LogP contribution in [0.4, 0.5) is 13.2 Å². The van der Waals surface area contributed by atoms with Gasteiger partial charge in [0, 0.05) is 25.2 Å². The number of nitrogens with zero attached hydrogens (tertiary/aromatic N) is 4. The zero-order chi connectivity index (χ0) is 19.8.